The Balaban J connectivity index is 2.26. The number of halogens is 4. The summed E-state index contributed by atoms with van der Waals surface area (Å²) in [6.07, 6.45) is 0.229. The fourth-order valence-corrected chi connectivity index (χ4v) is 2.57. The lowest BCUT2D eigenvalue weighted by molar-refractivity contribution is 0.0993. The molecule has 2 aromatic carbocycles. The number of carbonyl (C=O) groups excluding carboxylic acids is 1. The molecule has 0 aromatic heterocycles. The van der Waals surface area contributed by atoms with Gasteiger partial charge < -0.3 is 0 Å². The van der Waals surface area contributed by atoms with E-state index in [4.69, 9.17) is 34.8 Å². The van der Waals surface area contributed by atoms with Gasteiger partial charge in [-0.25, -0.2) is 0 Å². The molecule has 0 unspecified atom stereocenters. The zero-order valence-corrected chi connectivity index (χ0v) is 13.4. The van der Waals surface area contributed by atoms with Crippen LogP contribution in [0.4, 0.5) is 0 Å². The standard InChI is InChI=1S/C14H8BrCl3O/c15-10-3-1-2-9(14(10)18)13(19)7-8-4-5-11(16)12(17)6-8/h1-6H,7H2. The Bertz CT molecular complexity index is 641. The highest BCUT2D eigenvalue weighted by Crippen LogP contribution is 2.28. The van der Waals surface area contributed by atoms with Gasteiger partial charge in [-0.3, -0.25) is 4.79 Å². The third kappa shape index (κ3) is 3.51. The smallest absolute Gasteiger partial charge is 0.168 e. The Hall–Kier alpha value is -0.540. The van der Waals surface area contributed by atoms with E-state index >= 15 is 0 Å². The molecule has 2 rings (SSSR count). The second kappa shape index (κ2) is 6.27. The SMILES string of the molecule is O=C(Cc1ccc(Cl)c(Cl)c1)c1cccc(Br)c1Cl. The number of ketones is 1. The lowest BCUT2D eigenvalue weighted by Crippen LogP contribution is -2.04. The van der Waals surface area contributed by atoms with Crippen LogP contribution >= 0.6 is 50.7 Å². The van der Waals surface area contributed by atoms with Crippen LogP contribution in [-0.4, -0.2) is 5.78 Å². The molecule has 0 saturated heterocycles. The van der Waals surface area contributed by atoms with Gasteiger partial charge in [0.15, 0.2) is 5.78 Å². The van der Waals surface area contributed by atoms with Gasteiger partial charge in [0.2, 0.25) is 0 Å². The van der Waals surface area contributed by atoms with Crippen molar-refractivity contribution < 1.29 is 4.79 Å². The van der Waals surface area contributed by atoms with Crippen LogP contribution in [0.5, 0.6) is 0 Å². The molecule has 0 amide bonds. The van der Waals surface area contributed by atoms with E-state index in [-0.39, 0.29) is 12.2 Å². The van der Waals surface area contributed by atoms with Gasteiger partial charge in [-0.15, -0.1) is 0 Å². The summed E-state index contributed by atoms with van der Waals surface area (Å²) in [6, 6.07) is 10.4. The van der Waals surface area contributed by atoms with Crippen LogP contribution in [0.2, 0.25) is 15.1 Å². The lowest BCUT2D eigenvalue weighted by atomic mass is 10.0. The Morgan fingerprint density at radius 1 is 1.05 bits per heavy atom. The van der Waals surface area contributed by atoms with Crippen molar-refractivity contribution in [1.82, 2.24) is 0 Å². The molecule has 0 heterocycles. The quantitative estimate of drug-likeness (QED) is 0.614. The number of carbonyl (C=O) groups is 1. The first-order chi connectivity index (χ1) is 8.99. The van der Waals surface area contributed by atoms with Gasteiger partial charge in [-0.05, 0) is 45.8 Å². The van der Waals surface area contributed by atoms with Crippen LogP contribution in [-0.2, 0) is 6.42 Å². The number of rotatable bonds is 3. The summed E-state index contributed by atoms with van der Waals surface area (Å²) < 4.78 is 0.703. The molecule has 0 atom stereocenters. The molecule has 5 heteroatoms. The maximum absolute atomic E-state index is 12.2. The Morgan fingerprint density at radius 3 is 2.47 bits per heavy atom. The summed E-state index contributed by atoms with van der Waals surface area (Å²) in [5.41, 5.74) is 1.29. The zero-order valence-electron chi connectivity index (χ0n) is 9.59. The molecule has 0 radical (unpaired) electrons. The van der Waals surface area contributed by atoms with Crippen molar-refractivity contribution in [3.63, 3.8) is 0 Å². The summed E-state index contributed by atoms with van der Waals surface area (Å²) in [6.45, 7) is 0. The molecule has 98 valence electrons. The molecule has 19 heavy (non-hydrogen) atoms. The summed E-state index contributed by atoms with van der Waals surface area (Å²) in [5, 5.41) is 1.33. The van der Waals surface area contributed by atoms with E-state index in [2.05, 4.69) is 15.9 Å². The second-order valence-corrected chi connectivity index (χ2v) is 6.00. The largest absolute Gasteiger partial charge is 0.294 e. The fourth-order valence-electron chi connectivity index (χ4n) is 1.65. The normalized spacial score (nSPS) is 10.5. The predicted molar refractivity (Wildman–Crippen MR) is 83.6 cm³/mol. The predicted octanol–water partition coefficient (Wildman–Crippen LogP) is 5.83. The van der Waals surface area contributed by atoms with Crippen LogP contribution in [0.25, 0.3) is 0 Å². The van der Waals surface area contributed by atoms with Crippen LogP contribution in [0.1, 0.15) is 15.9 Å². The monoisotopic (exact) mass is 376 g/mol. The highest BCUT2D eigenvalue weighted by atomic mass is 79.9. The summed E-state index contributed by atoms with van der Waals surface area (Å²) in [7, 11) is 0. The molecule has 2 aromatic rings. The number of hydrogen-bond donors (Lipinski definition) is 0. The Morgan fingerprint density at radius 2 is 1.79 bits per heavy atom. The minimum Gasteiger partial charge on any atom is -0.294 e. The number of hydrogen-bond acceptors (Lipinski definition) is 1. The fraction of sp³-hybridized carbons (Fsp3) is 0.0714. The molecule has 0 saturated carbocycles. The van der Waals surface area contributed by atoms with E-state index in [0.29, 0.717) is 25.1 Å². The molecule has 0 spiro atoms. The van der Waals surface area contributed by atoms with Crippen LogP contribution in [0.3, 0.4) is 0 Å². The minimum absolute atomic E-state index is 0.0651. The third-order valence-corrected chi connectivity index (χ3v) is 4.64. The molecule has 0 fully saturated rings. The average molecular weight is 378 g/mol. The van der Waals surface area contributed by atoms with Gasteiger partial charge in [-0.1, -0.05) is 46.9 Å². The first kappa shape index (κ1) is 14.9. The van der Waals surface area contributed by atoms with E-state index in [0.717, 1.165) is 5.56 Å². The van der Waals surface area contributed by atoms with Crippen molar-refractivity contribution in [2.75, 3.05) is 0 Å². The number of benzene rings is 2. The summed E-state index contributed by atoms with van der Waals surface area (Å²) >= 11 is 21.2. The number of Topliss-reactive ketones (excluding diaryl/α,β-unsaturated/α-hetero) is 1. The van der Waals surface area contributed by atoms with Crippen molar-refractivity contribution in [2.24, 2.45) is 0 Å². The molecule has 0 bridgehead atoms. The van der Waals surface area contributed by atoms with Crippen molar-refractivity contribution in [2.45, 2.75) is 6.42 Å². The maximum atomic E-state index is 12.2. The molecule has 1 nitrogen and oxygen atoms in total. The summed E-state index contributed by atoms with van der Waals surface area (Å²) in [5.74, 6) is -0.0651. The second-order valence-electron chi connectivity index (χ2n) is 3.95. The van der Waals surface area contributed by atoms with Gasteiger partial charge in [0, 0.05) is 16.5 Å². The lowest BCUT2D eigenvalue weighted by Gasteiger charge is -2.06. The first-order valence-electron chi connectivity index (χ1n) is 5.40. The van der Waals surface area contributed by atoms with Gasteiger partial charge in [-0.2, -0.15) is 0 Å². The van der Waals surface area contributed by atoms with Crippen LogP contribution < -0.4 is 0 Å². The van der Waals surface area contributed by atoms with E-state index in [1.807, 2.05) is 0 Å². The summed E-state index contributed by atoms with van der Waals surface area (Å²) in [4.78, 5) is 12.2. The highest BCUT2D eigenvalue weighted by molar-refractivity contribution is 9.10. The zero-order chi connectivity index (χ0) is 14.0. The Kier molecular flexibility index (Phi) is 4.91. The topological polar surface area (TPSA) is 17.1 Å². The van der Waals surface area contributed by atoms with Crippen LogP contribution in [0, 0.1) is 0 Å². The van der Waals surface area contributed by atoms with E-state index in [1.54, 1.807) is 36.4 Å². The maximum Gasteiger partial charge on any atom is 0.168 e. The van der Waals surface area contributed by atoms with E-state index in [9.17, 15) is 4.79 Å². The first-order valence-corrected chi connectivity index (χ1v) is 7.33. The van der Waals surface area contributed by atoms with Crippen molar-refractivity contribution in [3.05, 3.63) is 67.1 Å². The minimum atomic E-state index is -0.0651. The van der Waals surface area contributed by atoms with Crippen molar-refractivity contribution in [1.29, 1.82) is 0 Å². The molecule has 0 aliphatic rings. The van der Waals surface area contributed by atoms with Crippen LogP contribution in [0.15, 0.2) is 40.9 Å². The van der Waals surface area contributed by atoms with Gasteiger partial charge in [0.05, 0.1) is 15.1 Å². The third-order valence-electron chi connectivity index (χ3n) is 2.60. The molecular formula is C14H8BrCl3O. The van der Waals surface area contributed by atoms with E-state index in [1.165, 1.54) is 0 Å². The molecule has 0 aliphatic carbocycles. The molecule has 0 aliphatic heterocycles. The highest BCUT2D eigenvalue weighted by Gasteiger charge is 2.13. The van der Waals surface area contributed by atoms with Gasteiger partial charge >= 0.3 is 0 Å². The average Bonchev–Trinajstić information content (AvgIpc) is 2.37. The molecule has 0 N–H and O–H groups in total. The van der Waals surface area contributed by atoms with Crippen molar-refractivity contribution >= 4 is 56.5 Å². The van der Waals surface area contributed by atoms with E-state index < -0.39 is 0 Å². The van der Waals surface area contributed by atoms with Crippen molar-refractivity contribution in [3.8, 4) is 0 Å². The molecular weight excluding hydrogens is 370 g/mol. The van der Waals surface area contributed by atoms with Gasteiger partial charge in [0.1, 0.15) is 0 Å². The Labute approximate surface area is 134 Å². The van der Waals surface area contributed by atoms with Gasteiger partial charge in [0.25, 0.3) is 0 Å².